The Morgan fingerprint density at radius 3 is 2.55 bits per heavy atom. The Hall–Kier alpha value is -3.53. The highest BCUT2D eigenvalue weighted by Crippen LogP contribution is 2.32. The van der Waals surface area contributed by atoms with Gasteiger partial charge in [0.15, 0.2) is 5.76 Å². The number of carbonyl (C=O) groups is 1. The van der Waals surface area contributed by atoms with Crippen molar-refractivity contribution in [1.29, 1.82) is 5.26 Å². The molecule has 1 saturated heterocycles. The molecule has 3 aromatic rings. The van der Waals surface area contributed by atoms with Gasteiger partial charge in [-0.2, -0.15) is 10.2 Å². The van der Waals surface area contributed by atoms with E-state index in [1.165, 1.54) is 6.26 Å². The van der Waals surface area contributed by atoms with Crippen LogP contribution in [0.15, 0.2) is 45.4 Å². The summed E-state index contributed by atoms with van der Waals surface area (Å²) in [7, 11) is 0. The molecule has 1 N–H and O–H groups in total. The Labute approximate surface area is 168 Å². The molecule has 29 heavy (non-hydrogen) atoms. The largest absolute Gasteiger partial charge is 0.459 e. The fourth-order valence-corrected chi connectivity index (χ4v) is 3.69. The summed E-state index contributed by atoms with van der Waals surface area (Å²) in [6.45, 7) is 5.23. The Morgan fingerprint density at radius 2 is 1.93 bits per heavy atom. The van der Waals surface area contributed by atoms with Crippen LogP contribution in [0.1, 0.15) is 29.7 Å². The molecule has 3 heterocycles. The molecule has 0 bridgehead atoms. The number of nitrogens with zero attached hydrogens (tertiary/aromatic N) is 3. The predicted octanol–water partition coefficient (Wildman–Crippen LogP) is 4.28. The third-order valence-corrected chi connectivity index (χ3v) is 5.33. The number of hydrogen-bond donors (Lipinski definition) is 1. The van der Waals surface area contributed by atoms with Gasteiger partial charge in [0, 0.05) is 24.7 Å². The van der Waals surface area contributed by atoms with Gasteiger partial charge in [-0.3, -0.25) is 4.79 Å². The molecule has 1 amide bonds. The van der Waals surface area contributed by atoms with Crippen molar-refractivity contribution in [3.05, 3.63) is 53.4 Å². The molecule has 1 aliphatic rings. The van der Waals surface area contributed by atoms with Crippen LogP contribution < -0.4 is 10.2 Å². The van der Waals surface area contributed by atoms with E-state index in [9.17, 15) is 10.1 Å². The number of benzene rings is 1. The van der Waals surface area contributed by atoms with Gasteiger partial charge in [-0.1, -0.05) is 18.2 Å². The molecular formula is C22H22N4O3. The van der Waals surface area contributed by atoms with Crippen molar-refractivity contribution in [2.75, 3.05) is 23.3 Å². The molecule has 0 radical (unpaired) electrons. The SMILES string of the molecule is Cc1cccc(C)c1NC(=O)C1CCN(c2oc(-c3ccco3)nc2C#N)CC1. The zero-order chi connectivity index (χ0) is 20.4. The third kappa shape index (κ3) is 3.74. The molecule has 7 nitrogen and oxygen atoms in total. The first-order valence-electron chi connectivity index (χ1n) is 9.63. The highest BCUT2D eigenvalue weighted by atomic mass is 16.4. The monoisotopic (exact) mass is 390 g/mol. The van der Waals surface area contributed by atoms with Gasteiger partial charge in [0.1, 0.15) is 6.07 Å². The number of hydrogen-bond acceptors (Lipinski definition) is 6. The van der Waals surface area contributed by atoms with Crippen molar-refractivity contribution in [3.8, 4) is 17.7 Å². The molecule has 1 aliphatic heterocycles. The van der Waals surface area contributed by atoms with Crippen LogP contribution in [-0.2, 0) is 4.79 Å². The summed E-state index contributed by atoms with van der Waals surface area (Å²) < 4.78 is 11.1. The van der Waals surface area contributed by atoms with Crippen LogP contribution in [-0.4, -0.2) is 24.0 Å². The number of rotatable bonds is 4. The van der Waals surface area contributed by atoms with Crippen LogP contribution in [0.4, 0.5) is 11.6 Å². The predicted molar refractivity (Wildman–Crippen MR) is 108 cm³/mol. The lowest BCUT2D eigenvalue weighted by atomic mass is 9.95. The number of piperidine rings is 1. The summed E-state index contributed by atoms with van der Waals surface area (Å²) in [6.07, 6.45) is 2.89. The van der Waals surface area contributed by atoms with Gasteiger partial charge in [-0.15, -0.1) is 0 Å². The average Bonchev–Trinajstić information content (AvgIpc) is 3.40. The molecule has 0 aliphatic carbocycles. The number of aryl methyl sites for hydroxylation is 2. The second kappa shape index (κ2) is 7.84. The number of anilines is 2. The lowest BCUT2D eigenvalue weighted by Crippen LogP contribution is -2.38. The van der Waals surface area contributed by atoms with Crippen LogP contribution in [0.25, 0.3) is 11.7 Å². The number of nitriles is 1. The van der Waals surface area contributed by atoms with Gasteiger partial charge >= 0.3 is 0 Å². The minimum absolute atomic E-state index is 0.0383. The molecule has 148 valence electrons. The summed E-state index contributed by atoms with van der Waals surface area (Å²) in [5.41, 5.74) is 3.24. The van der Waals surface area contributed by atoms with E-state index in [1.54, 1.807) is 12.1 Å². The van der Waals surface area contributed by atoms with Crippen LogP contribution in [0.2, 0.25) is 0 Å². The van der Waals surface area contributed by atoms with Crippen molar-refractivity contribution in [1.82, 2.24) is 4.98 Å². The number of furan rings is 1. The van der Waals surface area contributed by atoms with E-state index >= 15 is 0 Å². The number of nitrogens with one attached hydrogen (secondary N) is 1. The first-order valence-corrected chi connectivity index (χ1v) is 9.63. The zero-order valence-corrected chi connectivity index (χ0v) is 16.4. The minimum Gasteiger partial charge on any atom is -0.459 e. The average molecular weight is 390 g/mol. The van der Waals surface area contributed by atoms with E-state index in [-0.39, 0.29) is 23.4 Å². The van der Waals surface area contributed by atoms with Crippen molar-refractivity contribution in [3.63, 3.8) is 0 Å². The third-order valence-electron chi connectivity index (χ3n) is 5.33. The molecule has 0 atom stereocenters. The van der Waals surface area contributed by atoms with E-state index in [0.29, 0.717) is 37.6 Å². The van der Waals surface area contributed by atoms with Gasteiger partial charge in [0.25, 0.3) is 5.89 Å². The molecule has 1 aromatic carbocycles. The van der Waals surface area contributed by atoms with Crippen molar-refractivity contribution >= 4 is 17.5 Å². The maximum atomic E-state index is 12.8. The van der Waals surface area contributed by atoms with Crippen molar-refractivity contribution < 1.29 is 13.6 Å². The molecule has 2 aromatic heterocycles. The van der Waals surface area contributed by atoms with Crippen LogP contribution in [0, 0.1) is 31.1 Å². The lowest BCUT2D eigenvalue weighted by Gasteiger charge is -2.31. The summed E-state index contributed by atoms with van der Waals surface area (Å²) in [6, 6.07) is 11.5. The van der Waals surface area contributed by atoms with Gasteiger partial charge in [0.05, 0.1) is 6.26 Å². The first-order chi connectivity index (χ1) is 14.1. The number of oxazole rings is 1. The number of amides is 1. The van der Waals surface area contributed by atoms with Crippen LogP contribution >= 0.6 is 0 Å². The summed E-state index contributed by atoms with van der Waals surface area (Å²) in [5.74, 6) is 1.17. The minimum atomic E-state index is -0.0803. The molecule has 7 heteroatoms. The van der Waals surface area contributed by atoms with Crippen molar-refractivity contribution in [2.45, 2.75) is 26.7 Å². The highest BCUT2D eigenvalue weighted by molar-refractivity contribution is 5.94. The van der Waals surface area contributed by atoms with Gasteiger partial charge in [-0.05, 0) is 49.9 Å². The fraction of sp³-hybridized carbons (Fsp3) is 0.318. The summed E-state index contributed by atoms with van der Waals surface area (Å²) >= 11 is 0. The summed E-state index contributed by atoms with van der Waals surface area (Å²) in [4.78, 5) is 19.0. The van der Waals surface area contributed by atoms with Crippen LogP contribution in [0.3, 0.4) is 0 Å². The second-order valence-electron chi connectivity index (χ2n) is 7.28. The van der Waals surface area contributed by atoms with Gasteiger partial charge < -0.3 is 19.1 Å². The standard InChI is InChI=1S/C22H22N4O3/c1-14-5-3-6-15(2)19(14)25-20(27)16-8-10-26(11-9-16)22-17(13-23)24-21(29-22)18-7-4-12-28-18/h3-7,12,16H,8-11H2,1-2H3,(H,25,27). The number of aromatic nitrogens is 1. The van der Waals surface area contributed by atoms with E-state index in [0.717, 1.165) is 16.8 Å². The highest BCUT2D eigenvalue weighted by Gasteiger charge is 2.29. The number of carbonyl (C=O) groups excluding carboxylic acids is 1. The lowest BCUT2D eigenvalue weighted by molar-refractivity contribution is -0.120. The summed E-state index contributed by atoms with van der Waals surface area (Å²) in [5, 5.41) is 12.5. The van der Waals surface area contributed by atoms with Crippen molar-refractivity contribution in [2.24, 2.45) is 5.92 Å². The fourth-order valence-electron chi connectivity index (χ4n) is 3.69. The molecular weight excluding hydrogens is 368 g/mol. The normalized spacial score (nSPS) is 14.6. The molecule has 4 rings (SSSR count). The molecule has 0 unspecified atom stereocenters. The number of para-hydroxylation sites is 1. The van der Waals surface area contributed by atoms with E-state index in [2.05, 4.69) is 16.4 Å². The Kier molecular flexibility index (Phi) is 5.09. The van der Waals surface area contributed by atoms with E-state index in [4.69, 9.17) is 8.83 Å². The smallest absolute Gasteiger partial charge is 0.266 e. The van der Waals surface area contributed by atoms with Gasteiger partial charge in [-0.25, -0.2) is 0 Å². The topological polar surface area (TPSA) is 95.3 Å². The second-order valence-corrected chi connectivity index (χ2v) is 7.28. The van der Waals surface area contributed by atoms with Crippen LogP contribution in [0.5, 0.6) is 0 Å². The molecule has 1 fully saturated rings. The Morgan fingerprint density at radius 1 is 1.21 bits per heavy atom. The quantitative estimate of drug-likeness (QED) is 0.714. The maximum Gasteiger partial charge on any atom is 0.266 e. The first kappa shape index (κ1) is 18.8. The molecule has 0 spiro atoms. The van der Waals surface area contributed by atoms with Gasteiger partial charge in [0.2, 0.25) is 17.5 Å². The zero-order valence-electron chi connectivity index (χ0n) is 16.4. The Balaban J connectivity index is 1.43. The maximum absolute atomic E-state index is 12.8. The Bertz CT molecular complexity index is 1030. The van der Waals surface area contributed by atoms with E-state index < -0.39 is 0 Å². The van der Waals surface area contributed by atoms with E-state index in [1.807, 2.05) is 36.9 Å². The molecule has 0 saturated carbocycles.